The lowest BCUT2D eigenvalue weighted by Crippen LogP contribution is -2.35. The lowest BCUT2D eigenvalue weighted by atomic mass is 10.1. The predicted molar refractivity (Wildman–Crippen MR) is 113 cm³/mol. The fourth-order valence-electron chi connectivity index (χ4n) is 3.33. The number of hydrogen-bond acceptors (Lipinski definition) is 4. The van der Waals surface area contributed by atoms with Crippen molar-refractivity contribution < 1.29 is 22.7 Å². The van der Waals surface area contributed by atoms with Gasteiger partial charge in [0.2, 0.25) is 5.43 Å². The Bertz CT molecular complexity index is 1200. The van der Waals surface area contributed by atoms with Crippen molar-refractivity contribution in [2.45, 2.75) is 26.1 Å². The summed E-state index contributed by atoms with van der Waals surface area (Å²) in [7, 11) is 3.04. The van der Waals surface area contributed by atoms with Crippen LogP contribution in [0.25, 0.3) is 5.69 Å². The molecule has 2 aromatic carbocycles. The van der Waals surface area contributed by atoms with Crippen molar-refractivity contribution in [3.8, 4) is 11.4 Å². The summed E-state index contributed by atoms with van der Waals surface area (Å²) in [6.07, 6.45) is -4.54. The highest BCUT2D eigenvalue weighted by molar-refractivity contribution is 5.92. The molecule has 1 unspecified atom stereocenters. The van der Waals surface area contributed by atoms with Crippen molar-refractivity contribution in [3.05, 3.63) is 87.3 Å². The highest BCUT2D eigenvalue weighted by Gasteiger charge is 2.31. The Balaban J connectivity index is 2.02. The molecule has 0 saturated carbocycles. The summed E-state index contributed by atoms with van der Waals surface area (Å²) in [6, 6.07) is 12.4. The summed E-state index contributed by atoms with van der Waals surface area (Å²) in [5, 5.41) is 4.12. The third kappa shape index (κ3) is 4.51. The van der Waals surface area contributed by atoms with Crippen LogP contribution in [-0.2, 0) is 6.18 Å². The quantitative estimate of drug-likeness (QED) is 0.584. The molecule has 0 N–H and O–H groups in total. The van der Waals surface area contributed by atoms with Crippen molar-refractivity contribution >= 4 is 5.91 Å². The fourth-order valence-corrected chi connectivity index (χ4v) is 3.33. The molecular formula is C23H22F3N3O3. The molecule has 1 aromatic heterocycles. The Morgan fingerprint density at radius 3 is 2.47 bits per heavy atom. The first-order chi connectivity index (χ1) is 15.0. The van der Waals surface area contributed by atoms with Gasteiger partial charge >= 0.3 is 6.18 Å². The summed E-state index contributed by atoms with van der Waals surface area (Å²) in [5.74, 6) is -0.0768. The number of amides is 1. The Hall–Kier alpha value is -3.62. The third-order valence-electron chi connectivity index (χ3n) is 5.22. The number of carbonyl (C=O) groups excluding carboxylic acids is 1. The van der Waals surface area contributed by atoms with Gasteiger partial charge in [-0.05, 0) is 38.1 Å². The summed E-state index contributed by atoms with van der Waals surface area (Å²) in [6.45, 7) is 3.30. The van der Waals surface area contributed by atoms with E-state index in [2.05, 4.69) is 5.10 Å². The molecule has 0 aliphatic rings. The molecule has 32 heavy (non-hydrogen) atoms. The number of aromatic nitrogens is 2. The van der Waals surface area contributed by atoms with Gasteiger partial charge in [0, 0.05) is 24.4 Å². The topological polar surface area (TPSA) is 64.4 Å². The number of nitrogens with zero attached hydrogens (tertiary/aromatic N) is 3. The largest absolute Gasteiger partial charge is 0.496 e. The standard InChI is InChI=1S/C23H22F3N3O3/c1-14-12-19(30)21(27-29(14)17-9-7-8-16(13-17)23(24,25)26)22(31)28(3)15(2)18-10-5-6-11-20(18)32-4/h5-13,15H,1-4H3. The number of para-hydroxylation sites is 1. The molecule has 1 atom stereocenters. The maximum Gasteiger partial charge on any atom is 0.416 e. The van der Waals surface area contributed by atoms with E-state index in [4.69, 9.17) is 4.74 Å². The van der Waals surface area contributed by atoms with Gasteiger partial charge in [0.1, 0.15) is 5.75 Å². The van der Waals surface area contributed by atoms with Crippen molar-refractivity contribution in [1.82, 2.24) is 14.7 Å². The number of halogens is 3. The van der Waals surface area contributed by atoms with E-state index < -0.39 is 34.8 Å². The number of carbonyl (C=O) groups is 1. The summed E-state index contributed by atoms with van der Waals surface area (Å²) in [4.78, 5) is 27.0. The molecule has 0 aliphatic heterocycles. The molecule has 3 rings (SSSR count). The van der Waals surface area contributed by atoms with Crippen LogP contribution in [0.1, 0.15) is 40.3 Å². The summed E-state index contributed by atoms with van der Waals surface area (Å²) in [5.41, 5.74) is -0.744. The second-order valence-corrected chi connectivity index (χ2v) is 7.29. The molecule has 1 heterocycles. The first kappa shape index (κ1) is 23.1. The number of benzene rings is 2. The Morgan fingerprint density at radius 1 is 1.12 bits per heavy atom. The Labute approximate surface area is 182 Å². The number of aryl methyl sites for hydroxylation is 1. The van der Waals surface area contributed by atoms with E-state index in [9.17, 15) is 22.8 Å². The SMILES string of the molecule is COc1ccccc1C(C)N(C)C(=O)c1nn(-c2cccc(C(F)(F)F)c2)c(C)cc1=O. The number of rotatable bonds is 5. The molecule has 9 heteroatoms. The van der Waals surface area contributed by atoms with Crippen LogP contribution in [0.5, 0.6) is 5.75 Å². The van der Waals surface area contributed by atoms with Gasteiger partial charge in [-0.1, -0.05) is 24.3 Å². The molecule has 0 spiro atoms. The van der Waals surface area contributed by atoms with Gasteiger partial charge in [-0.3, -0.25) is 9.59 Å². The number of methoxy groups -OCH3 is 1. The minimum Gasteiger partial charge on any atom is -0.496 e. The minimum atomic E-state index is -4.54. The maximum absolute atomic E-state index is 13.1. The van der Waals surface area contributed by atoms with E-state index in [1.54, 1.807) is 31.2 Å². The van der Waals surface area contributed by atoms with E-state index in [0.717, 1.165) is 22.4 Å². The van der Waals surface area contributed by atoms with Gasteiger partial charge in [0.05, 0.1) is 24.4 Å². The van der Waals surface area contributed by atoms with Crippen LogP contribution in [-0.4, -0.2) is 34.7 Å². The number of alkyl halides is 3. The highest BCUT2D eigenvalue weighted by Crippen LogP contribution is 2.31. The smallest absolute Gasteiger partial charge is 0.416 e. The highest BCUT2D eigenvalue weighted by atomic mass is 19.4. The summed E-state index contributed by atoms with van der Waals surface area (Å²) >= 11 is 0. The molecule has 0 bridgehead atoms. The molecule has 3 aromatic rings. The average Bonchev–Trinajstić information content (AvgIpc) is 2.77. The van der Waals surface area contributed by atoms with Gasteiger partial charge in [0.25, 0.3) is 5.91 Å². The normalized spacial score (nSPS) is 12.3. The van der Waals surface area contributed by atoms with Gasteiger partial charge < -0.3 is 9.64 Å². The van der Waals surface area contributed by atoms with Crippen molar-refractivity contribution in [2.75, 3.05) is 14.2 Å². The van der Waals surface area contributed by atoms with Crippen LogP contribution in [0.15, 0.2) is 59.4 Å². The van der Waals surface area contributed by atoms with Gasteiger partial charge in [-0.15, -0.1) is 0 Å². The number of ether oxygens (including phenoxy) is 1. The van der Waals surface area contributed by atoms with E-state index >= 15 is 0 Å². The lowest BCUT2D eigenvalue weighted by molar-refractivity contribution is -0.137. The van der Waals surface area contributed by atoms with Crippen LogP contribution >= 0.6 is 0 Å². The van der Waals surface area contributed by atoms with Crippen molar-refractivity contribution in [2.24, 2.45) is 0 Å². The zero-order valence-electron chi connectivity index (χ0n) is 18.0. The monoisotopic (exact) mass is 445 g/mol. The predicted octanol–water partition coefficient (Wildman–Crippen LogP) is 4.40. The van der Waals surface area contributed by atoms with E-state index in [0.29, 0.717) is 11.4 Å². The van der Waals surface area contributed by atoms with E-state index in [1.165, 1.54) is 44.2 Å². The van der Waals surface area contributed by atoms with E-state index in [-0.39, 0.29) is 5.69 Å². The molecular weight excluding hydrogens is 423 g/mol. The Morgan fingerprint density at radius 2 is 1.81 bits per heavy atom. The van der Waals surface area contributed by atoms with Crippen LogP contribution < -0.4 is 10.2 Å². The van der Waals surface area contributed by atoms with Crippen molar-refractivity contribution in [3.63, 3.8) is 0 Å². The summed E-state index contributed by atoms with van der Waals surface area (Å²) < 4.78 is 45.9. The van der Waals surface area contributed by atoms with Crippen molar-refractivity contribution in [1.29, 1.82) is 0 Å². The zero-order chi connectivity index (χ0) is 23.6. The lowest BCUT2D eigenvalue weighted by Gasteiger charge is -2.26. The molecule has 6 nitrogen and oxygen atoms in total. The second-order valence-electron chi connectivity index (χ2n) is 7.29. The molecule has 0 aliphatic carbocycles. The zero-order valence-corrected chi connectivity index (χ0v) is 18.0. The average molecular weight is 445 g/mol. The Kier molecular flexibility index (Phi) is 6.38. The molecule has 0 fully saturated rings. The van der Waals surface area contributed by atoms with Gasteiger partial charge in [-0.2, -0.15) is 18.3 Å². The molecule has 0 radical (unpaired) electrons. The first-order valence-electron chi connectivity index (χ1n) is 9.73. The first-order valence-corrected chi connectivity index (χ1v) is 9.73. The van der Waals surface area contributed by atoms with Crippen LogP contribution in [0.2, 0.25) is 0 Å². The van der Waals surface area contributed by atoms with E-state index in [1.807, 2.05) is 0 Å². The molecule has 0 saturated heterocycles. The second kappa shape index (κ2) is 8.86. The van der Waals surface area contributed by atoms with Gasteiger partial charge in [0.15, 0.2) is 5.69 Å². The minimum absolute atomic E-state index is 0.0896. The van der Waals surface area contributed by atoms with Crippen LogP contribution in [0, 0.1) is 6.92 Å². The maximum atomic E-state index is 13.1. The van der Waals surface area contributed by atoms with Crippen LogP contribution in [0.4, 0.5) is 13.2 Å². The fraction of sp³-hybridized carbons (Fsp3) is 0.261. The van der Waals surface area contributed by atoms with Crippen LogP contribution in [0.3, 0.4) is 0 Å². The molecule has 168 valence electrons. The third-order valence-corrected chi connectivity index (χ3v) is 5.22. The van der Waals surface area contributed by atoms with Gasteiger partial charge in [-0.25, -0.2) is 4.68 Å². The number of hydrogen-bond donors (Lipinski definition) is 0. The molecule has 1 amide bonds.